The Kier molecular flexibility index (Phi) is 5.66. The van der Waals surface area contributed by atoms with E-state index in [1.807, 2.05) is 27.7 Å². The van der Waals surface area contributed by atoms with Crippen molar-refractivity contribution in [3.63, 3.8) is 0 Å². The summed E-state index contributed by atoms with van der Waals surface area (Å²) in [5, 5.41) is 11.9. The predicted molar refractivity (Wildman–Crippen MR) is 83.6 cm³/mol. The van der Waals surface area contributed by atoms with Gasteiger partial charge >= 0.3 is 5.97 Å². The molecule has 0 radical (unpaired) electrons. The van der Waals surface area contributed by atoms with Gasteiger partial charge in [0.05, 0.1) is 0 Å². The minimum absolute atomic E-state index is 0.111. The number of hydrogen-bond donors (Lipinski definition) is 1. The van der Waals surface area contributed by atoms with Gasteiger partial charge in [-0.15, -0.1) is 0 Å². The first-order chi connectivity index (χ1) is 8.62. The molecule has 0 aromatic carbocycles. The van der Waals surface area contributed by atoms with Crippen molar-refractivity contribution in [3.8, 4) is 0 Å². The molecule has 5 heteroatoms. The van der Waals surface area contributed by atoms with Gasteiger partial charge in [-0.2, -0.15) is 5.06 Å². The summed E-state index contributed by atoms with van der Waals surface area (Å²) in [7, 11) is 0. The van der Waals surface area contributed by atoms with E-state index in [0.29, 0.717) is 12.8 Å². The van der Waals surface area contributed by atoms with Crippen molar-refractivity contribution in [3.05, 3.63) is 0 Å². The highest BCUT2D eigenvalue weighted by molar-refractivity contribution is 14.1. The maximum absolute atomic E-state index is 11.8. The summed E-state index contributed by atoms with van der Waals surface area (Å²) < 4.78 is 5.46. The van der Waals surface area contributed by atoms with Gasteiger partial charge in [-0.1, -0.05) is 35.9 Å². The van der Waals surface area contributed by atoms with E-state index in [2.05, 4.69) is 29.5 Å². The molecule has 19 heavy (non-hydrogen) atoms. The first-order valence-electron chi connectivity index (χ1n) is 6.96. The molecule has 0 spiro atoms. The molecule has 1 aliphatic rings. The second kappa shape index (κ2) is 6.26. The molecule has 1 heterocycles. The molecule has 1 saturated heterocycles. The summed E-state index contributed by atoms with van der Waals surface area (Å²) in [5.74, 6) is -0.161. The zero-order valence-corrected chi connectivity index (χ0v) is 14.7. The summed E-state index contributed by atoms with van der Waals surface area (Å²) in [6, 6.07) is 0. The Bertz CT molecular complexity index is 333. The fraction of sp³-hybridized carbons (Fsp3) is 0.929. The van der Waals surface area contributed by atoms with Crippen LogP contribution in [0.3, 0.4) is 0 Å². The van der Waals surface area contributed by atoms with Crippen molar-refractivity contribution in [1.82, 2.24) is 5.06 Å². The van der Waals surface area contributed by atoms with E-state index < -0.39 is 0 Å². The van der Waals surface area contributed by atoms with E-state index in [0.717, 1.165) is 12.8 Å². The Morgan fingerprint density at radius 2 is 2.05 bits per heavy atom. The largest absolute Gasteiger partial charge is 0.461 e. The quantitative estimate of drug-likeness (QED) is 0.458. The van der Waals surface area contributed by atoms with Gasteiger partial charge in [0, 0.05) is 23.9 Å². The van der Waals surface area contributed by atoms with Crippen LogP contribution in [0.2, 0.25) is 0 Å². The third-order valence-electron chi connectivity index (χ3n) is 3.88. The van der Waals surface area contributed by atoms with Gasteiger partial charge in [0.15, 0.2) is 0 Å². The Balaban J connectivity index is 2.84. The molecular weight excluding hydrogens is 357 g/mol. The topological polar surface area (TPSA) is 49.8 Å². The van der Waals surface area contributed by atoms with Crippen LogP contribution in [0.1, 0.15) is 60.3 Å². The molecular formula is C14H26INO3. The standard InChI is InChI=1S/C14H26INO3/c1-6-7-14(5)9-11(19-12(17)10(2)15)8-13(3,4)16(14)18/h10-11,18H,6-9H2,1-5H3. The molecule has 3 unspecified atom stereocenters. The maximum Gasteiger partial charge on any atom is 0.318 e. The molecule has 1 N–H and O–H groups in total. The maximum atomic E-state index is 11.8. The molecule has 0 amide bonds. The lowest BCUT2D eigenvalue weighted by molar-refractivity contribution is -0.266. The van der Waals surface area contributed by atoms with Crippen molar-refractivity contribution >= 4 is 28.6 Å². The monoisotopic (exact) mass is 383 g/mol. The van der Waals surface area contributed by atoms with E-state index in [1.54, 1.807) is 0 Å². The number of hydroxylamine groups is 2. The van der Waals surface area contributed by atoms with Crippen molar-refractivity contribution in [2.45, 2.75) is 81.4 Å². The second-order valence-electron chi connectivity index (χ2n) is 6.45. The number of piperidine rings is 1. The van der Waals surface area contributed by atoms with Gasteiger partial charge in [0.1, 0.15) is 10.0 Å². The van der Waals surface area contributed by atoms with E-state index in [1.165, 1.54) is 5.06 Å². The number of esters is 1. The van der Waals surface area contributed by atoms with Crippen molar-refractivity contribution in [1.29, 1.82) is 0 Å². The van der Waals surface area contributed by atoms with Crippen molar-refractivity contribution in [2.75, 3.05) is 0 Å². The highest BCUT2D eigenvalue weighted by atomic mass is 127. The number of carbonyl (C=O) groups excluding carboxylic acids is 1. The summed E-state index contributed by atoms with van der Waals surface area (Å²) >= 11 is 2.07. The normalized spacial score (nSPS) is 32.9. The summed E-state index contributed by atoms with van der Waals surface area (Å²) in [5.41, 5.74) is -0.697. The van der Waals surface area contributed by atoms with Crippen LogP contribution in [-0.4, -0.2) is 37.3 Å². The van der Waals surface area contributed by atoms with Crippen LogP contribution < -0.4 is 0 Å². The van der Waals surface area contributed by atoms with Gasteiger partial charge in [-0.25, -0.2) is 0 Å². The van der Waals surface area contributed by atoms with Gasteiger partial charge in [-0.05, 0) is 34.1 Å². The number of halogens is 1. The Labute approximate surface area is 130 Å². The number of carbonyl (C=O) groups is 1. The number of nitrogens with zero attached hydrogens (tertiary/aromatic N) is 1. The summed E-state index contributed by atoms with van der Waals surface area (Å²) in [6.45, 7) is 9.98. The van der Waals surface area contributed by atoms with Crippen LogP contribution in [0.15, 0.2) is 0 Å². The third kappa shape index (κ3) is 4.04. The zero-order chi connectivity index (χ0) is 14.8. The average Bonchev–Trinajstić information content (AvgIpc) is 2.25. The van der Waals surface area contributed by atoms with Crippen LogP contribution in [0, 0.1) is 0 Å². The molecule has 1 fully saturated rings. The predicted octanol–water partition coefficient (Wildman–Crippen LogP) is 3.54. The fourth-order valence-corrected chi connectivity index (χ4v) is 3.26. The van der Waals surface area contributed by atoms with Crippen LogP contribution in [-0.2, 0) is 9.53 Å². The van der Waals surface area contributed by atoms with Crippen LogP contribution in [0.5, 0.6) is 0 Å². The van der Waals surface area contributed by atoms with E-state index in [-0.39, 0.29) is 27.1 Å². The van der Waals surface area contributed by atoms with E-state index in [9.17, 15) is 10.0 Å². The number of rotatable bonds is 4. The highest BCUT2D eigenvalue weighted by Crippen LogP contribution is 2.40. The first-order valence-corrected chi connectivity index (χ1v) is 8.21. The van der Waals surface area contributed by atoms with Gasteiger partial charge in [-0.3, -0.25) is 4.79 Å². The second-order valence-corrected chi connectivity index (χ2v) is 8.32. The molecule has 1 rings (SSSR count). The molecule has 112 valence electrons. The summed E-state index contributed by atoms with van der Waals surface area (Å²) in [4.78, 5) is 11.8. The minimum Gasteiger partial charge on any atom is -0.461 e. The van der Waals surface area contributed by atoms with Crippen molar-refractivity contribution < 1.29 is 14.7 Å². The first kappa shape index (κ1) is 17.2. The molecule has 4 nitrogen and oxygen atoms in total. The Morgan fingerprint density at radius 1 is 1.47 bits per heavy atom. The van der Waals surface area contributed by atoms with Gasteiger partial charge in [0.2, 0.25) is 0 Å². The molecule has 1 aliphatic heterocycles. The zero-order valence-electron chi connectivity index (χ0n) is 12.6. The number of hydrogen-bond acceptors (Lipinski definition) is 4. The average molecular weight is 383 g/mol. The lowest BCUT2D eigenvalue weighted by atomic mass is 9.77. The summed E-state index contributed by atoms with van der Waals surface area (Å²) in [6.07, 6.45) is 3.13. The third-order valence-corrected chi connectivity index (χ3v) is 4.38. The van der Waals surface area contributed by atoms with E-state index in [4.69, 9.17) is 4.74 Å². The number of ether oxygens (including phenoxy) is 1. The van der Waals surface area contributed by atoms with Crippen LogP contribution >= 0.6 is 22.6 Å². The SMILES string of the molecule is CCCC1(C)CC(OC(=O)C(C)I)CC(C)(C)N1O. The Hall–Kier alpha value is 0.120. The van der Waals surface area contributed by atoms with Crippen molar-refractivity contribution in [2.24, 2.45) is 0 Å². The molecule has 0 aliphatic carbocycles. The van der Waals surface area contributed by atoms with Gasteiger partial charge in [0.25, 0.3) is 0 Å². The molecule has 0 aromatic rings. The fourth-order valence-electron chi connectivity index (χ4n) is 3.11. The molecule has 0 saturated carbocycles. The lowest BCUT2D eigenvalue weighted by Gasteiger charge is -2.52. The molecule has 0 bridgehead atoms. The van der Waals surface area contributed by atoms with E-state index >= 15 is 0 Å². The molecule has 3 atom stereocenters. The minimum atomic E-state index is -0.373. The smallest absolute Gasteiger partial charge is 0.318 e. The molecule has 0 aromatic heterocycles. The Morgan fingerprint density at radius 3 is 2.53 bits per heavy atom. The number of alkyl halides is 1. The lowest BCUT2D eigenvalue weighted by Crippen LogP contribution is -2.62. The highest BCUT2D eigenvalue weighted by Gasteiger charge is 2.48. The van der Waals surface area contributed by atoms with Crippen LogP contribution in [0.25, 0.3) is 0 Å². The van der Waals surface area contributed by atoms with Gasteiger partial charge < -0.3 is 9.94 Å². The van der Waals surface area contributed by atoms with Crippen LogP contribution in [0.4, 0.5) is 0 Å².